The number of rotatable bonds is 10. The molecule has 200 valence electrons. The molecule has 0 saturated heterocycles. The third kappa shape index (κ3) is 6.20. The summed E-state index contributed by atoms with van der Waals surface area (Å²) in [4.78, 5) is 1.00. The third-order valence-electron chi connectivity index (χ3n) is 7.64. The lowest BCUT2D eigenvalue weighted by Gasteiger charge is -2.28. The van der Waals surface area contributed by atoms with Gasteiger partial charge in [0.15, 0.2) is 11.6 Å². The summed E-state index contributed by atoms with van der Waals surface area (Å²) in [7, 11) is 0. The molecule has 38 heavy (non-hydrogen) atoms. The second-order valence-electron chi connectivity index (χ2n) is 10.4. The van der Waals surface area contributed by atoms with Crippen LogP contribution in [0.15, 0.2) is 60.7 Å². The molecule has 0 unspecified atom stereocenters. The van der Waals surface area contributed by atoms with Crippen LogP contribution in [0.2, 0.25) is 0 Å². The first-order chi connectivity index (χ1) is 18.5. The van der Waals surface area contributed by atoms with Crippen molar-refractivity contribution in [3.63, 3.8) is 0 Å². The van der Waals surface area contributed by atoms with Crippen LogP contribution in [0.3, 0.4) is 0 Å². The normalized spacial score (nSPS) is 17.6. The molecule has 0 N–H and O–H groups in total. The molecule has 5 rings (SSSR count). The van der Waals surface area contributed by atoms with Gasteiger partial charge in [0.1, 0.15) is 18.2 Å². The number of benzene rings is 3. The van der Waals surface area contributed by atoms with Gasteiger partial charge in [0.25, 0.3) is 0 Å². The molecular weight excluding hydrogens is 498 g/mol. The molecule has 0 spiro atoms. The highest BCUT2D eigenvalue weighted by atomic mass is 32.1. The summed E-state index contributed by atoms with van der Waals surface area (Å²) in [5.74, 6) is 1.48. The lowest BCUT2D eigenvalue weighted by molar-refractivity contribution is 0.293. The summed E-state index contributed by atoms with van der Waals surface area (Å²) in [6.07, 6.45) is 8.19. The minimum absolute atomic E-state index is 0.166. The Kier molecular flexibility index (Phi) is 8.63. The highest BCUT2D eigenvalue weighted by Gasteiger charge is 2.23. The number of hydrogen-bond donors (Lipinski definition) is 0. The van der Waals surface area contributed by atoms with Gasteiger partial charge in [-0.1, -0.05) is 44.9 Å². The molecule has 4 aromatic rings. The van der Waals surface area contributed by atoms with Crippen molar-refractivity contribution in [2.45, 2.75) is 71.3 Å². The topological polar surface area (TPSA) is 18.5 Å². The number of hydrogen-bond acceptors (Lipinski definition) is 3. The Morgan fingerprint density at radius 3 is 2.39 bits per heavy atom. The van der Waals surface area contributed by atoms with E-state index in [9.17, 15) is 4.39 Å². The molecule has 0 atom stereocenters. The Morgan fingerprint density at radius 2 is 1.66 bits per heavy atom. The van der Waals surface area contributed by atoms with Gasteiger partial charge in [0.05, 0.1) is 6.61 Å². The fourth-order valence-electron chi connectivity index (χ4n) is 5.59. The van der Waals surface area contributed by atoms with Crippen molar-refractivity contribution in [3.8, 4) is 22.6 Å². The number of halogens is 2. The monoisotopic (exact) mass is 534 g/mol. The molecule has 0 aliphatic heterocycles. The Hall–Kier alpha value is -2.92. The van der Waals surface area contributed by atoms with E-state index in [2.05, 4.69) is 19.9 Å². The summed E-state index contributed by atoms with van der Waals surface area (Å²) >= 11 is 1.61. The van der Waals surface area contributed by atoms with Crippen molar-refractivity contribution < 1.29 is 18.3 Å². The molecule has 3 aromatic carbocycles. The molecule has 1 fully saturated rings. The van der Waals surface area contributed by atoms with E-state index < -0.39 is 5.82 Å². The van der Waals surface area contributed by atoms with Crippen LogP contribution in [0.1, 0.15) is 75.2 Å². The second-order valence-corrected chi connectivity index (χ2v) is 11.6. The van der Waals surface area contributed by atoms with E-state index >= 15 is 4.39 Å². The van der Waals surface area contributed by atoms with Gasteiger partial charge in [-0.25, -0.2) is 8.78 Å². The summed E-state index contributed by atoms with van der Waals surface area (Å²) in [5, 5.41) is 1.11. The number of ether oxygens (including phenoxy) is 2. The Morgan fingerprint density at radius 1 is 0.816 bits per heavy atom. The smallest absolute Gasteiger partial charge is 0.165 e. The lowest BCUT2D eigenvalue weighted by Crippen LogP contribution is -2.13. The van der Waals surface area contributed by atoms with Crippen molar-refractivity contribution in [3.05, 3.63) is 82.7 Å². The van der Waals surface area contributed by atoms with E-state index in [4.69, 9.17) is 9.47 Å². The maximum atomic E-state index is 15.1. The zero-order chi connectivity index (χ0) is 26.5. The zero-order valence-electron chi connectivity index (χ0n) is 22.3. The summed E-state index contributed by atoms with van der Waals surface area (Å²) in [6.45, 7) is 5.28. The Bertz CT molecular complexity index is 1370. The van der Waals surface area contributed by atoms with Gasteiger partial charge in [0.2, 0.25) is 0 Å². The zero-order valence-corrected chi connectivity index (χ0v) is 23.1. The largest absolute Gasteiger partial charge is 0.494 e. The average Bonchev–Trinajstić information content (AvgIpc) is 3.34. The molecule has 0 radical (unpaired) electrons. The van der Waals surface area contributed by atoms with Crippen LogP contribution in [0.25, 0.3) is 21.2 Å². The van der Waals surface area contributed by atoms with Crippen LogP contribution in [0.4, 0.5) is 8.78 Å². The highest BCUT2D eigenvalue weighted by molar-refractivity contribution is 7.19. The molecule has 1 aliphatic rings. The summed E-state index contributed by atoms with van der Waals surface area (Å²) in [6, 6.07) is 18.3. The van der Waals surface area contributed by atoms with Gasteiger partial charge in [-0.2, -0.15) is 0 Å². The Labute approximate surface area is 228 Å². The van der Waals surface area contributed by atoms with Gasteiger partial charge in [-0.15, -0.1) is 11.3 Å². The molecule has 1 aromatic heterocycles. The van der Waals surface area contributed by atoms with Crippen molar-refractivity contribution in [2.75, 3.05) is 6.61 Å². The molecule has 1 heterocycles. The van der Waals surface area contributed by atoms with Crippen molar-refractivity contribution in [1.82, 2.24) is 0 Å². The third-order valence-corrected chi connectivity index (χ3v) is 8.71. The van der Waals surface area contributed by atoms with E-state index in [-0.39, 0.29) is 18.2 Å². The highest BCUT2D eigenvalue weighted by Crippen LogP contribution is 2.39. The van der Waals surface area contributed by atoms with Crippen LogP contribution in [0, 0.1) is 17.6 Å². The fourth-order valence-corrected chi connectivity index (χ4v) is 6.60. The van der Waals surface area contributed by atoms with Crippen molar-refractivity contribution in [1.29, 1.82) is 0 Å². The van der Waals surface area contributed by atoms with Crippen molar-refractivity contribution >= 4 is 21.4 Å². The van der Waals surface area contributed by atoms with Gasteiger partial charge in [0, 0.05) is 15.1 Å². The van der Waals surface area contributed by atoms with Gasteiger partial charge in [-0.05, 0) is 103 Å². The fraction of sp³-hybridized carbons (Fsp3) is 0.394. The van der Waals surface area contributed by atoms with Gasteiger partial charge < -0.3 is 9.47 Å². The van der Waals surface area contributed by atoms with E-state index in [1.54, 1.807) is 35.6 Å². The lowest BCUT2D eigenvalue weighted by atomic mass is 9.77. The maximum absolute atomic E-state index is 15.1. The Balaban J connectivity index is 1.23. The quantitative estimate of drug-likeness (QED) is 0.201. The minimum atomic E-state index is -0.489. The van der Waals surface area contributed by atoms with E-state index in [1.807, 2.05) is 24.3 Å². The number of fused-ring (bicyclic) bond motifs is 1. The minimum Gasteiger partial charge on any atom is -0.494 e. The second kappa shape index (κ2) is 12.3. The molecule has 1 saturated carbocycles. The van der Waals surface area contributed by atoms with Gasteiger partial charge >= 0.3 is 0 Å². The molecule has 1 aliphatic carbocycles. The predicted octanol–water partition coefficient (Wildman–Crippen LogP) is 10.3. The molecule has 0 amide bonds. The predicted molar refractivity (Wildman–Crippen MR) is 153 cm³/mol. The average molecular weight is 535 g/mol. The first-order valence-electron chi connectivity index (χ1n) is 13.9. The maximum Gasteiger partial charge on any atom is 0.165 e. The van der Waals surface area contributed by atoms with Crippen LogP contribution in [-0.4, -0.2) is 6.61 Å². The first kappa shape index (κ1) is 26.7. The summed E-state index contributed by atoms with van der Waals surface area (Å²) in [5.41, 5.74) is 2.01. The summed E-state index contributed by atoms with van der Waals surface area (Å²) < 4.78 is 42.7. The SMILES string of the molecule is CCCOc1ccc2cc(COc3ccc(-c4ccc(C5CCC(CCC)CC5)cc4F)cc3F)sc2c1. The van der Waals surface area contributed by atoms with Crippen LogP contribution >= 0.6 is 11.3 Å². The standard InChI is InChI=1S/C33H36F2O2S/c1-3-5-22-6-8-23(9-7-22)24-11-14-29(30(34)18-24)25-12-15-32(31(35)19-25)37-21-28-17-26-10-13-27(36-16-4-2)20-33(26)38-28/h10-15,17-20,22-23H,3-9,16,21H2,1-2H3. The molecule has 0 bridgehead atoms. The molecule has 2 nitrogen and oxygen atoms in total. The van der Waals surface area contributed by atoms with Crippen LogP contribution in [0.5, 0.6) is 11.5 Å². The first-order valence-corrected chi connectivity index (χ1v) is 14.7. The van der Waals surface area contributed by atoms with E-state index in [0.717, 1.165) is 51.5 Å². The van der Waals surface area contributed by atoms with E-state index in [1.165, 1.54) is 31.7 Å². The van der Waals surface area contributed by atoms with Crippen LogP contribution in [-0.2, 0) is 6.61 Å². The van der Waals surface area contributed by atoms with Crippen LogP contribution < -0.4 is 9.47 Å². The van der Waals surface area contributed by atoms with E-state index in [0.29, 0.717) is 23.7 Å². The molecule has 5 heteroatoms. The van der Waals surface area contributed by atoms with Crippen molar-refractivity contribution in [2.24, 2.45) is 5.92 Å². The van der Waals surface area contributed by atoms with Gasteiger partial charge in [-0.3, -0.25) is 0 Å². The number of thiophene rings is 1. The molecular formula is C33H36F2O2S.